The molecule has 1 amide bonds. The smallest absolute Gasteiger partial charge is 0.425 e. The molecule has 0 radical (unpaired) electrons. The number of carbonyl (C=O) groups excluding carboxylic acids is 1. The minimum Gasteiger partial charge on any atom is -0.451 e. The fourth-order valence-electron chi connectivity index (χ4n) is 3.27. The summed E-state index contributed by atoms with van der Waals surface area (Å²) in [5.74, 6) is 0.193. The molecule has 1 saturated heterocycles. The van der Waals surface area contributed by atoms with Crippen LogP contribution in [0.4, 0.5) is 30.5 Å². The number of nitrogens with one attached hydrogen (secondary N) is 2. The summed E-state index contributed by atoms with van der Waals surface area (Å²) < 4.78 is 44.0. The number of anilines is 3. The molecule has 1 aromatic heterocycles. The van der Waals surface area contributed by atoms with Crippen LogP contribution in [0.15, 0.2) is 24.3 Å². The number of carbonyl (C=O) groups is 1. The summed E-state index contributed by atoms with van der Waals surface area (Å²) in [6, 6.07) is 6.54. The van der Waals surface area contributed by atoms with Gasteiger partial charge in [-0.15, -0.1) is 0 Å². The minimum atomic E-state index is -4.58. The first kappa shape index (κ1) is 23.7. The van der Waals surface area contributed by atoms with Crippen molar-refractivity contribution in [2.24, 2.45) is 0 Å². The molecule has 8 nitrogen and oxygen atoms in total. The van der Waals surface area contributed by atoms with Gasteiger partial charge in [0.2, 0.25) is 5.91 Å². The van der Waals surface area contributed by atoms with Crippen LogP contribution in [0.5, 0.6) is 6.01 Å². The number of nitrogen functional groups attached to an aromatic ring is 1. The topological polar surface area (TPSA) is 105 Å². The molecule has 1 fully saturated rings. The van der Waals surface area contributed by atoms with E-state index in [0.29, 0.717) is 24.5 Å². The van der Waals surface area contributed by atoms with Gasteiger partial charge >= 0.3 is 12.2 Å². The van der Waals surface area contributed by atoms with E-state index in [2.05, 4.69) is 20.6 Å². The fourth-order valence-corrected chi connectivity index (χ4v) is 3.47. The predicted molar refractivity (Wildman–Crippen MR) is 116 cm³/mol. The molecule has 0 saturated carbocycles. The van der Waals surface area contributed by atoms with Gasteiger partial charge in [0.1, 0.15) is 5.69 Å². The van der Waals surface area contributed by atoms with Gasteiger partial charge in [0.15, 0.2) is 17.7 Å². The predicted octanol–water partition coefficient (Wildman–Crippen LogP) is 3.37. The zero-order valence-electron chi connectivity index (χ0n) is 17.5. The fraction of sp³-hybridized carbons (Fsp3) is 0.450. The average molecular weight is 473 g/mol. The quantitative estimate of drug-likeness (QED) is 0.567. The van der Waals surface area contributed by atoms with E-state index in [-0.39, 0.29) is 35.8 Å². The molecule has 1 aliphatic rings. The Labute approximate surface area is 188 Å². The number of nitrogens with zero attached hydrogens (tertiary/aromatic N) is 3. The molecule has 1 aromatic carbocycles. The Morgan fingerprint density at radius 2 is 2.09 bits per heavy atom. The lowest BCUT2D eigenvalue weighted by Crippen LogP contribution is -2.36. The zero-order valence-corrected chi connectivity index (χ0v) is 18.3. The highest BCUT2D eigenvalue weighted by Gasteiger charge is 2.39. The van der Waals surface area contributed by atoms with Crippen LogP contribution in [-0.2, 0) is 11.3 Å². The molecule has 0 bridgehead atoms. The summed E-state index contributed by atoms with van der Waals surface area (Å²) in [4.78, 5) is 21.3. The summed E-state index contributed by atoms with van der Waals surface area (Å²) in [6.45, 7) is 3.44. The Balaban J connectivity index is 1.89. The number of halogens is 4. The number of benzene rings is 1. The number of aromatic nitrogens is 2. The average Bonchev–Trinajstić information content (AvgIpc) is 3.15. The molecule has 32 heavy (non-hydrogen) atoms. The first-order valence-corrected chi connectivity index (χ1v) is 10.3. The number of nitrogens with two attached hydrogens (primary N) is 1. The molecule has 2 unspecified atom stereocenters. The van der Waals surface area contributed by atoms with E-state index in [0.717, 1.165) is 12.5 Å². The van der Waals surface area contributed by atoms with Gasteiger partial charge in [0.05, 0.1) is 0 Å². The monoisotopic (exact) mass is 472 g/mol. The van der Waals surface area contributed by atoms with Crippen molar-refractivity contribution in [2.45, 2.75) is 45.1 Å². The highest BCUT2D eigenvalue weighted by atomic mass is 35.5. The maximum Gasteiger partial charge on any atom is 0.425 e. The van der Waals surface area contributed by atoms with Crippen molar-refractivity contribution in [1.82, 2.24) is 15.3 Å². The van der Waals surface area contributed by atoms with E-state index in [4.69, 9.17) is 22.1 Å². The van der Waals surface area contributed by atoms with E-state index in [1.54, 1.807) is 23.1 Å². The number of rotatable bonds is 7. The summed E-state index contributed by atoms with van der Waals surface area (Å²) in [6.07, 6.45) is -6.05. The molecule has 0 spiro atoms. The maximum atomic E-state index is 13.0. The van der Waals surface area contributed by atoms with Crippen molar-refractivity contribution in [2.75, 3.05) is 29.0 Å². The molecule has 2 heterocycles. The number of amides is 1. The minimum absolute atomic E-state index is 0.125. The summed E-state index contributed by atoms with van der Waals surface area (Å²) in [5, 5.41) is 6.35. The molecule has 2 aromatic rings. The lowest BCUT2D eigenvalue weighted by molar-refractivity contribution is -0.190. The SMILES string of the molecule is CC(=O)NC1CCN(c2nc(OC(C)C(F)(F)F)nc(NCc3ccccc3Cl)c2N)C1. The van der Waals surface area contributed by atoms with Crippen molar-refractivity contribution in [3.05, 3.63) is 34.9 Å². The summed E-state index contributed by atoms with van der Waals surface area (Å²) in [7, 11) is 0. The van der Waals surface area contributed by atoms with E-state index < -0.39 is 18.3 Å². The molecule has 2 atom stereocenters. The summed E-state index contributed by atoms with van der Waals surface area (Å²) in [5.41, 5.74) is 7.19. The van der Waals surface area contributed by atoms with Crippen molar-refractivity contribution in [3.8, 4) is 6.01 Å². The highest BCUT2D eigenvalue weighted by Crippen LogP contribution is 2.33. The second-order valence-electron chi connectivity index (χ2n) is 7.47. The molecule has 0 aliphatic carbocycles. The number of ether oxygens (including phenoxy) is 1. The van der Waals surface area contributed by atoms with Crippen molar-refractivity contribution in [3.63, 3.8) is 0 Å². The van der Waals surface area contributed by atoms with Crippen LogP contribution in [0.1, 0.15) is 25.8 Å². The van der Waals surface area contributed by atoms with E-state index in [9.17, 15) is 18.0 Å². The third-order valence-electron chi connectivity index (χ3n) is 4.95. The van der Waals surface area contributed by atoms with Crippen molar-refractivity contribution < 1.29 is 22.7 Å². The van der Waals surface area contributed by atoms with E-state index in [1.807, 2.05) is 6.07 Å². The third kappa shape index (κ3) is 5.84. The molecule has 3 rings (SSSR count). The van der Waals surface area contributed by atoms with Crippen LogP contribution in [-0.4, -0.2) is 47.3 Å². The van der Waals surface area contributed by atoms with Gasteiger partial charge in [-0.05, 0) is 25.0 Å². The second kappa shape index (κ2) is 9.68. The summed E-state index contributed by atoms with van der Waals surface area (Å²) >= 11 is 6.18. The van der Waals surface area contributed by atoms with E-state index >= 15 is 0 Å². The van der Waals surface area contributed by atoms with Gasteiger partial charge in [0.25, 0.3) is 0 Å². The molecule has 12 heteroatoms. The van der Waals surface area contributed by atoms with Crippen LogP contribution in [0.2, 0.25) is 5.02 Å². The Morgan fingerprint density at radius 3 is 2.75 bits per heavy atom. The number of hydrogen-bond donors (Lipinski definition) is 3. The Hall–Kier alpha value is -2.95. The van der Waals surface area contributed by atoms with Gasteiger partial charge in [0, 0.05) is 37.6 Å². The van der Waals surface area contributed by atoms with Gasteiger partial charge < -0.3 is 26.0 Å². The van der Waals surface area contributed by atoms with Gasteiger partial charge in [-0.25, -0.2) is 0 Å². The molecule has 1 aliphatic heterocycles. The Kier molecular flexibility index (Phi) is 7.17. The lowest BCUT2D eigenvalue weighted by atomic mass is 10.2. The van der Waals surface area contributed by atoms with Crippen molar-refractivity contribution in [1.29, 1.82) is 0 Å². The Bertz CT molecular complexity index is 975. The Morgan fingerprint density at radius 1 is 1.38 bits per heavy atom. The van der Waals surface area contributed by atoms with E-state index in [1.165, 1.54) is 6.92 Å². The molecular weight excluding hydrogens is 449 g/mol. The van der Waals surface area contributed by atoms with Gasteiger partial charge in [-0.1, -0.05) is 29.8 Å². The standard InChI is InChI=1S/C20H24ClF3N6O2/c1-11(20(22,23)24)32-19-28-17(26-9-13-5-3-4-6-15(13)21)16(25)18(29-19)30-8-7-14(10-30)27-12(2)31/h3-6,11,14H,7-10,25H2,1-2H3,(H,27,31)(H,26,28,29). The van der Waals surface area contributed by atoms with Gasteiger partial charge in [-0.2, -0.15) is 23.1 Å². The zero-order chi connectivity index (χ0) is 23.5. The first-order chi connectivity index (χ1) is 15.0. The molecule has 4 N–H and O–H groups in total. The van der Waals surface area contributed by atoms with Gasteiger partial charge in [-0.3, -0.25) is 4.79 Å². The maximum absolute atomic E-state index is 13.0. The highest BCUT2D eigenvalue weighted by molar-refractivity contribution is 6.31. The number of hydrogen-bond acceptors (Lipinski definition) is 7. The largest absolute Gasteiger partial charge is 0.451 e. The van der Waals surface area contributed by atoms with Crippen LogP contribution >= 0.6 is 11.6 Å². The normalized spacial score (nSPS) is 17.2. The van der Waals surface area contributed by atoms with Crippen molar-refractivity contribution >= 4 is 34.8 Å². The van der Waals surface area contributed by atoms with Crippen LogP contribution in [0, 0.1) is 0 Å². The molecular formula is C20H24ClF3N6O2. The van der Waals surface area contributed by atoms with Crippen LogP contribution in [0.3, 0.4) is 0 Å². The van der Waals surface area contributed by atoms with Crippen LogP contribution in [0.25, 0.3) is 0 Å². The number of alkyl halides is 3. The molecule has 174 valence electrons. The lowest BCUT2D eigenvalue weighted by Gasteiger charge is -2.23. The third-order valence-corrected chi connectivity index (χ3v) is 5.32. The second-order valence-corrected chi connectivity index (χ2v) is 7.88. The first-order valence-electron chi connectivity index (χ1n) is 9.94. The van der Waals surface area contributed by atoms with Crippen LogP contribution < -0.4 is 26.0 Å².